The number of amides is 1. The summed E-state index contributed by atoms with van der Waals surface area (Å²) >= 11 is 3.51. The van der Waals surface area contributed by atoms with Gasteiger partial charge in [-0.3, -0.25) is 4.79 Å². The van der Waals surface area contributed by atoms with E-state index < -0.39 is 0 Å². The third-order valence-electron chi connectivity index (χ3n) is 4.40. The molecule has 0 radical (unpaired) electrons. The summed E-state index contributed by atoms with van der Waals surface area (Å²) in [5.74, 6) is 1.20. The molecule has 0 unspecified atom stereocenters. The summed E-state index contributed by atoms with van der Waals surface area (Å²) in [5.41, 5.74) is 2.61. The molecule has 0 atom stereocenters. The van der Waals surface area contributed by atoms with Crippen LogP contribution >= 0.6 is 15.9 Å². The van der Waals surface area contributed by atoms with Crippen molar-refractivity contribution < 1.29 is 4.79 Å². The van der Waals surface area contributed by atoms with E-state index in [0.717, 1.165) is 36.1 Å². The van der Waals surface area contributed by atoms with Crippen LogP contribution in [0.5, 0.6) is 0 Å². The molecule has 0 saturated carbocycles. The smallest absolute Gasteiger partial charge is 0.256 e. The number of likely N-dealkylation sites (tertiary alicyclic amines) is 1. The Hall–Kier alpha value is -1.95. The highest BCUT2D eigenvalue weighted by Gasteiger charge is 2.21. The standard InChI is InChI=1S/C18H21BrN4O/c1-12-5-7-23(8-6-12)17(24)14-10-20-18(21-11-14)22-15-4-3-13(2)16(19)9-15/h3-4,9-12H,5-8H2,1-2H3,(H,20,21,22). The quantitative estimate of drug-likeness (QED) is 0.857. The molecular weight excluding hydrogens is 368 g/mol. The van der Waals surface area contributed by atoms with Gasteiger partial charge in [0.05, 0.1) is 5.56 Å². The molecule has 2 heterocycles. The summed E-state index contributed by atoms with van der Waals surface area (Å²) in [6.07, 6.45) is 5.32. The number of nitrogens with one attached hydrogen (secondary N) is 1. The molecular formula is C18H21BrN4O. The van der Waals surface area contributed by atoms with Crippen molar-refractivity contribution in [3.63, 3.8) is 0 Å². The molecule has 0 spiro atoms. The number of halogens is 1. The Labute approximate surface area is 150 Å². The Kier molecular flexibility index (Phi) is 5.14. The van der Waals surface area contributed by atoms with Crippen molar-refractivity contribution in [2.24, 2.45) is 5.92 Å². The second-order valence-electron chi connectivity index (χ2n) is 6.36. The fourth-order valence-electron chi connectivity index (χ4n) is 2.70. The van der Waals surface area contributed by atoms with E-state index in [0.29, 0.717) is 17.4 Å². The summed E-state index contributed by atoms with van der Waals surface area (Å²) in [4.78, 5) is 22.9. The van der Waals surface area contributed by atoms with Crippen LogP contribution in [0.4, 0.5) is 11.6 Å². The molecule has 1 aliphatic heterocycles. The maximum atomic E-state index is 12.5. The molecule has 0 aliphatic carbocycles. The van der Waals surface area contributed by atoms with Crippen LogP contribution in [0.15, 0.2) is 35.1 Å². The minimum atomic E-state index is 0.0199. The fraction of sp³-hybridized carbons (Fsp3) is 0.389. The lowest BCUT2D eigenvalue weighted by atomic mass is 9.99. The minimum Gasteiger partial charge on any atom is -0.339 e. The molecule has 1 aromatic heterocycles. The number of nitrogens with zero attached hydrogens (tertiary/aromatic N) is 3. The number of hydrogen-bond acceptors (Lipinski definition) is 4. The number of rotatable bonds is 3. The first-order chi connectivity index (χ1) is 11.5. The Morgan fingerprint density at radius 1 is 1.25 bits per heavy atom. The van der Waals surface area contributed by atoms with Crippen molar-refractivity contribution in [3.8, 4) is 0 Å². The lowest BCUT2D eigenvalue weighted by Gasteiger charge is -2.30. The van der Waals surface area contributed by atoms with Gasteiger partial charge in [0.2, 0.25) is 5.95 Å². The number of anilines is 2. The van der Waals surface area contributed by atoms with Crippen molar-refractivity contribution in [2.45, 2.75) is 26.7 Å². The van der Waals surface area contributed by atoms with Crippen LogP contribution in [-0.4, -0.2) is 33.9 Å². The van der Waals surface area contributed by atoms with Gasteiger partial charge in [-0.05, 0) is 43.4 Å². The number of aryl methyl sites for hydroxylation is 1. The van der Waals surface area contributed by atoms with Crippen LogP contribution in [-0.2, 0) is 0 Å². The molecule has 1 saturated heterocycles. The van der Waals surface area contributed by atoms with Crippen LogP contribution in [0.3, 0.4) is 0 Å². The van der Waals surface area contributed by atoms with Gasteiger partial charge in [-0.1, -0.05) is 28.9 Å². The third kappa shape index (κ3) is 3.93. The highest BCUT2D eigenvalue weighted by molar-refractivity contribution is 9.10. The number of piperidine rings is 1. The van der Waals surface area contributed by atoms with Crippen molar-refractivity contribution in [3.05, 3.63) is 46.2 Å². The molecule has 1 amide bonds. The molecule has 1 fully saturated rings. The summed E-state index contributed by atoms with van der Waals surface area (Å²) in [7, 11) is 0. The molecule has 1 aliphatic rings. The van der Waals surface area contributed by atoms with E-state index in [2.05, 4.69) is 38.1 Å². The van der Waals surface area contributed by atoms with Gasteiger partial charge in [-0.15, -0.1) is 0 Å². The number of carbonyl (C=O) groups is 1. The van der Waals surface area contributed by atoms with Gasteiger partial charge in [0.1, 0.15) is 0 Å². The average Bonchev–Trinajstić information content (AvgIpc) is 2.59. The summed E-state index contributed by atoms with van der Waals surface area (Å²) in [6.45, 7) is 5.90. The largest absolute Gasteiger partial charge is 0.339 e. The van der Waals surface area contributed by atoms with Crippen molar-refractivity contribution in [2.75, 3.05) is 18.4 Å². The zero-order chi connectivity index (χ0) is 17.1. The number of hydrogen-bond donors (Lipinski definition) is 1. The van der Waals surface area contributed by atoms with Gasteiger partial charge in [-0.2, -0.15) is 0 Å². The predicted molar refractivity (Wildman–Crippen MR) is 98.5 cm³/mol. The molecule has 1 aromatic carbocycles. The van der Waals surface area contributed by atoms with Gasteiger partial charge >= 0.3 is 0 Å². The molecule has 1 N–H and O–H groups in total. The van der Waals surface area contributed by atoms with E-state index in [-0.39, 0.29) is 5.91 Å². The lowest BCUT2D eigenvalue weighted by Crippen LogP contribution is -2.38. The fourth-order valence-corrected chi connectivity index (χ4v) is 3.08. The number of benzene rings is 1. The molecule has 126 valence electrons. The Morgan fingerprint density at radius 3 is 2.54 bits per heavy atom. The molecule has 0 bridgehead atoms. The maximum absolute atomic E-state index is 12.5. The van der Waals surface area contributed by atoms with Gasteiger partial charge < -0.3 is 10.2 Å². The SMILES string of the molecule is Cc1ccc(Nc2ncc(C(=O)N3CCC(C)CC3)cn2)cc1Br. The van der Waals surface area contributed by atoms with Gasteiger partial charge in [0.15, 0.2) is 0 Å². The van der Waals surface area contributed by atoms with Crippen LogP contribution in [0, 0.1) is 12.8 Å². The van der Waals surface area contributed by atoms with Crippen molar-refractivity contribution in [1.82, 2.24) is 14.9 Å². The molecule has 2 aromatic rings. The Bertz CT molecular complexity index is 724. The predicted octanol–water partition coefficient (Wildman–Crippen LogP) is 4.16. The van der Waals surface area contributed by atoms with Gasteiger partial charge in [-0.25, -0.2) is 9.97 Å². The monoisotopic (exact) mass is 388 g/mol. The van der Waals surface area contributed by atoms with Crippen molar-refractivity contribution >= 4 is 33.5 Å². The third-order valence-corrected chi connectivity index (χ3v) is 5.25. The van der Waals surface area contributed by atoms with E-state index in [1.165, 1.54) is 5.56 Å². The molecule has 3 rings (SSSR count). The van der Waals surface area contributed by atoms with Gasteiger partial charge in [0, 0.05) is 35.6 Å². The first kappa shape index (κ1) is 16.9. The van der Waals surface area contributed by atoms with Gasteiger partial charge in [0.25, 0.3) is 5.91 Å². The first-order valence-corrected chi connectivity index (χ1v) is 8.97. The van der Waals surface area contributed by atoms with E-state index in [9.17, 15) is 4.79 Å². The van der Waals surface area contributed by atoms with Crippen molar-refractivity contribution in [1.29, 1.82) is 0 Å². The van der Waals surface area contributed by atoms with E-state index in [1.54, 1.807) is 12.4 Å². The second kappa shape index (κ2) is 7.30. The molecule has 5 nitrogen and oxygen atoms in total. The molecule has 24 heavy (non-hydrogen) atoms. The zero-order valence-corrected chi connectivity index (χ0v) is 15.5. The number of carbonyl (C=O) groups excluding carboxylic acids is 1. The summed E-state index contributed by atoms with van der Waals surface area (Å²) in [5, 5.41) is 3.15. The Morgan fingerprint density at radius 2 is 1.92 bits per heavy atom. The summed E-state index contributed by atoms with van der Waals surface area (Å²) < 4.78 is 1.03. The van der Waals surface area contributed by atoms with E-state index in [1.807, 2.05) is 30.0 Å². The zero-order valence-electron chi connectivity index (χ0n) is 13.9. The van der Waals surface area contributed by atoms with Crippen LogP contribution in [0.1, 0.15) is 35.7 Å². The second-order valence-corrected chi connectivity index (χ2v) is 7.21. The first-order valence-electron chi connectivity index (χ1n) is 8.17. The average molecular weight is 389 g/mol. The topological polar surface area (TPSA) is 58.1 Å². The number of aromatic nitrogens is 2. The normalized spacial score (nSPS) is 15.4. The highest BCUT2D eigenvalue weighted by Crippen LogP contribution is 2.22. The van der Waals surface area contributed by atoms with E-state index in [4.69, 9.17) is 0 Å². The van der Waals surface area contributed by atoms with Crippen LogP contribution in [0.25, 0.3) is 0 Å². The Balaban J connectivity index is 1.66. The minimum absolute atomic E-state index is 0.0199. The highest BCUT2D eigenvalue weighted by atomic mass is 79.9. The van der Waals surface area contributed by atoms with E-state index >= 15 is 0 Å². The van der Waals surface area contributed by atoms with Crippen LogP contribution in [0.2, 0.25) is 0 Å². The molecule has 6 heteroatoms. The maximum Gasteiger partial charge on any atom is 0.256 e. The van der Waals surface area contributed by atoms with Crippen LogP contribution < -0.4 is 5.32 Å². The summed E-state index contributed by atoms with van der Waals surface area (Å²) in [6, 6.07) is 5.96. The lowest BCUT2D eigenvalue weighted by molar-refractivity contribution is 0.0696.